The van der Waals surface area contributed by atoms with Gasteiger partial charge in [0.15, 0.2) is 5.03 Å². The fraction of sp³-hybridized carbons (Fsp3) is 0.231. The molecule has 0 bridgehead atoms. The van der Waals surface area contributed by atoms with Crippen molar-refractivity contribution in [2.24, 2.45) is 0 Å². The Bertz CT molecular complexity index is 635. The molecule has 0 radical (unpaired) electrons. The van der Waals surface area contributed by atoms with E-state index in [0.717, 1.165) is 12.8 Å². The van der Waals surface area contributed by atoms with Gasteiger partial charge in [-0.05, 0) is 25.0 Å². The second-order valence-corrected chi connectivity index (χ2v) is 5.28. The van der Waals surface area contributed by atoms with E-state index in [1.165, 1.54) is 11.8 Å². The highest BCUT2D eigenvalue weighted by molar-refractivity contribution is 7.99. The molecule has 1 saturated carbocycles. The number of aromatic nitrogens is 2. The number of benzene rings is 1. The smallest absolute Gasteiger partial charge is 0.283 e. The molecule has 18 heavy (non-hydrogen) atoms. The number of hydrogen-bond donors (Lipinski definition) is 1. The predicted octanol–water partition coefficient (Wildman–Crippen LogP) is 2.43. The summed E-state index contributed by atoms with van der Waals surface area (Å²) in [6, 6.07) is 7.29. The Morgan fingerprint density at radius 2 is 2.11 bits per heavy atom. The molecule has 1 aliphatic carbocycles. The van der Waals surface area contributed by atoms with Gasteiger partial charge in [-0.3, -0.25) is 4.79 Å². The molecule has 1 fully saturated rings. The van der Waals surface area contributed by atoms with E-state index < -0.39 is 0 Å². The Kier molecular flexibility index (Phi) is 2.83. The van der Waals surface area contributed by atoms with Gasteiger partial charge in [-0.2, -0.15) is 0 Å². The zero-order valence-electron chi connectivity index (χ0n) is 9.61. The van der Waals surface area contributed by atoms with Crippen molar-refractivity contribution in [2.45, 2.75) is 28.8 Å². The Morgan fingerprint density at radius 3 is 2.83 bits per heavy atom. The van der Waals surface area contributed by atoms with Crippen LogP contribution < -0.4 is 5.56 Å². The Balaban J connectivity index is 1.96. The monoisotopic (exact) mass is 260 g/mol. The van der Waals surface area contributed by atoms with Gasteiger partial charge in [-0.25, -0.2) is 4.98 Å². The molecule has 0 saturated heterocycles. The lowest BCUT2D eigenvalue weighted by molar-refractivity contribution is 0.462. The zero-order valence-corrected chi connectivity index (χ0v) is 10.4. The van der Waals surface area contributed by atoms with Gasteiger partial charge in [0.2, 0.25) is 0 Å². The highest BCUT2D eigenvalue weighted by atomic mass is 32.2. The molecule has 0 atom stereocenters. The summed E-state index contributed by atoms with van der Waals surface area (Å²) in [6.07, 6.45) is 5.49. The van der Waals surface area contributed by atoms with Crippen molar-refractivity contribution >= 4 is 11.8 Å². The molecular weight excluding hydrogens is 248 g/mol. The summed E-state index contributed by atoms with van der Waals surface area (Å²) >= 11 is 1.21. The third-order valence-corrected chi connectivity index (χ3v) is 3.89. The van der Waals surface area contributed by atoms with E-state index in [2.05, 4.69) is 4.98 Å². The molecule has 1 aromatic heterocycles. The second kappa shape index (κ2) is 4.49. The Labute approximate surface area is 108 Å². The predicted molar refractivity (Wildman–Crippen MR) is 69.0 cm³/mol. The molecule has 1 aromatic carbocycles. The summed E-state index contributed by atoms with van der Waals surface area (Å²) in [6.45, 7) is 0. The van der Waals surface area contributed by atoms with Crippen LogP contribution in [0.2, 0.25) is 0 Å². The Hall–Kier alpha value is -1.75. The molecule has 3 rings (SSSR count). The van der Waals surface area contributed by atoms with Gasteiger partial charge in [0.25, 0.3) is 5.56 Å². The summed E-state index contributed by atoms with van der Waals surface area (Å²) in [4.78, 5) is 16.9. The van der Waals surface area contributed by atoms with Crippen molar-refractivity contribution in [3.05, 3.63) is 47.0 Å². The van der Waals surface area contributed by atoms with Crippen LogP contribution >= 0.6 is 11.8 Å². The van der Waals surface area contributed by atoms with Gasteiger partial charge in [0.05, 0.1) is 4.90 Å². The molecular formula is C13H12N2O2S. The first-order valence-corrected chi connectivity index (χ1v) is 6.60. The van der Waals surface area contributed by atoms with Gasteiger partial charge in [0.1, 0.15) is 5.75 Å². The normalized spacial score (nSPS) is 14.7. The van der Waals surface area contributed by atoms with Crippen LogP contribution in [0.1, 0.15) is 18.9 Å². The molecule has 1 heterocycles. The molecule has 0 spiro atoms. The standard InChI is InChI=1S/C13H12N2O2S/c16-10-3-1-2-4-11(10)18-12-13(17)15(8-7-14-12)9-5-6-9/h1-4,7-9,16H,5-6H2. The van der Waals surface area contributed by atoms with Crippen molar-refractivity contribution in [3.63, 3.8) is 0 Å². The molecule has 1 aliphatic rings. The van der Waals surface area contributed by atoms with Crippen LogP contribution in [0.15, 0.2) is 51.4 Å². The average molecular weight is 260 g/mol. The summed E-state index contributed by atoms with van der Waals surface area (Å²) in [5.74, 6) is 0.172. The average Bonchev–Trinajstić information content (AvgIpc) is 3.19. The van der Waals surface area contributed by atoms with Crippen LogP contribution in [-0.2, 0) is 0 Å². The van der Waals surface area contributed by atoms with Crippen molar-refractivity contribution in [3.8, 4) is 5.75 Å². The maximum absolute atomic E-state index is 12.2. The van der Waals surface area contributed by atoms with E-state index in [1.54, 1.807) is 35.2 Å². The lowest BCUT2D eigenvalue weighted by Gasteiger charge is -2.06. The van der Waals surface area contributed by atoms with E-state index in [9.17, 15) is 9.90 Å². The maximum Gasteiger partial charge on any atom is 0.283 e. The fourth-order valence-corrected chi connectivity index (χ4v) is 2.60. The minimum atomic E-state index is -0.0757. The topological polar surface area (TPSA) is 55.1 Å². The lowest BCUT2D eigenvalue weighted by Crippen LogP contribution is -2.20. The molecule has 0 unspecified atom stereocenters. The van der Waals surface area contributed by atoms with Crippen LogP contribution in [0.5, 0.6) is 5.75 Å². The first-order chi connectivity index (χ1) is 8.75. The van der Waals surface area contributed by atoms with E-state index in [0.29, 0.717) is 16.0 Å². The number of hydrogen-bond acceptors (Lipinski definition) is 4. The number of phenolic OH excluding ortho intramolecular Hbond substituents is 1. The SMILES string of the molecule is O=c1c(Sc2ccccc2O)nccn1C1CC1. The van der Waals surface area contributed by atoms with Gasteiger partial charge in [-0.15, -0.1) is 0 Å². The van der Waals surface area contributed by atoms with Crippen LogP contribution in [0.4, 0.5) is 0 Å². The number of para-hydroxylation sites is 1. The van der Waals surface area contributed by atoms with Crippen LogP contribution in [0, 0.1) is 0 Å². The van der Waals surface area contributed by atoms with Crippen molar-refractivity contribution in [2.75, 3.05) is 0 Å². The molecule has 0 amide bonds. The van der Waals surface area contributed by atoms with Gasteiger partial charge < -0.3 is 9.67 Å². The third-order valence-electron chi connectivity index (χ3n) is 2.85. The summed E-state index contributed by atoms with van der Waals surface area (Å²) < 4.78 is 1.73. The molecule has 4 nitrogen and oxygen atoms in total. The van der Waals surface area contributed by atoms with Crippen LogP contribution in [0.25, 0.3) is 0 Å². The number of nitrogens with zero attached hydrogens (tertiary/aromatic N) is 2. The lowest BCUT2D eigenvalue weighted by atomic mass is 10.3. The van der Waals surface area contributed by atoms with E-state index >= 15 is 0 Å². The van der Waals surface area contributed by atoms with E-state index in [1.807, 2.05) is 6.07 Å². The summed E-state index contributed by atoms with van der Waals surface area (Å²) in [5, 5.41) is 10.1. The first-order valence-electron chi connectivity index (χ1n) is 5.78. The van der Waals surface area contributed by atoms with Crippen molar-refractivity contribution < 1.29 is 5.11 Å². The summed E-state index contributed by atoms with van der Waals surface area (Å²) in [5.41, 5.74) is -0.0757. The fourth-order valence-electron chi connectivity index (χ4n) is 1.76. The second-order valence-electron chi connectivity index (χ2n) is 4.25. The van der Waals surface area contributed by atoms with Gasteiger partial charge in [-0.1, -0.05) is 23.9 Å². The highest BCUT2D eigenvalue weighted by Gasteiger charge is 2.25. The molecule has 2 aromatic rings. The number of rotatable bonds is 3. The Morgan fingerprint density at radius 1 is 1.33 bits per heavy atom. The molecule has 0 aliphatic heterocycles. The zero-order chi connectivity index (χ0) is 12.5. The minimum Gasteiger partial charge on any atom is -0.507 e. The van der Waals surface area contributed by atoms with Crippen LogP contribution in [-0.4, -0.2) is 14.7 Å². The van der Waals surface area contributed by atoms with Gasteiger partial charge in [0, 0.05) is 18.4 Å². The van der Waals surface area contributed by atoms with E-state index in [-0.39, 0.29) is 11.3 Å². The molecule has 5 heteroatoms. The number of phenols is 1. The third kappa shape index (κ3) is 2.13. The minimum absolute atomic E-state index is 0.0757. The number of aromatic hydroxyl groups is 1. The van der Waals surface area contributed by atoms with Crippen LogP contribution in [0.3, 0.4) is 0 Å². The van der Waals surface area contributed by atoms with Crippen molar-refractivity contribution in [1.82, 2.24) is 9.55 Å². The van der Waals surface area contributed by atoms with Gasteiger partial charge >= 0.3 is 0 Å². The largest absolute Gasteiger partial charge is 0.507 e. The highest BCUT2D eigenvalue weighted by Crippen LogP contribution is 2.35. The summed E-state index contributed by atoms with van der Waals surface area (Å²) in [7, 11) is 0. The van der Waals surface area contributed by atoms with E-state index in [4.69, 9.17) is 0 Å². The first kappa shape index (κ1) is 11.3. The maximum atomic E-state index is 12.2. The quantitative estimate of drug-likeness (QED) is 0.921. The molecule has 1 N–H and O–H groups in total. The molecule has 92 valence electrons. The van der Waals surface area contributed by atoms with Crippen molar-refractivity contribution in [1.29, 1.82) is 0 Å².